The number of nitrogens with zero attached hydrogens (tertiary/aromatic N) is 5. The van der Waals surface area contributed by atoms with E-state index in [0.717, 1.165) is 0 Å². The van der Waals surface area contributed by atoms with E-state index in [1.807, 2.05) is 0 Å². The van der Waals surface area contributed by atoms with Gasteiger partial charge in [-0.1, -0.05) is 0 Å². The van der Waals surface area contributed by atoms with Gasteiger partial charge in [-0.15, -0.1) is 0 Å². The van der Waals surface area contributed by atoms with Crippen LogP contribution in [0.1, 0.15) is 0 Å². The summed E-state index contributed by atoms with van der Waals surface area (Å²) in [5.74, 6) is 0.698. The van der Waals surface area contributed by atoms with Gasteiger partial charge in [-0.25, -0.2) is 4.98 Å². The van der Waals surface area contributed by atoms with Crippen LogP contribution in [0.25, 0.3) is 5.95 Å². The highest BCUT2D eigenvalue weighted by atomic mass is 16.5. The maximum Gasteiger partial charge on any atom is 0.241 e. The molecule has 102 valence electrons. The molecule has 0 aliphatic heterocycles. The lowest BCUT2D eigenvalue weighted by Crippen LogP contribution is -2.30. The molecule has 0 saturated heterocycles. The molecule has 0 radical (unpaired) electrons. The van der Waals surface area contributed by atoms with Gasteiger partial charge in [0.1, 0.15) is 6.33 Å². The van der Waals surface area contributed by atoms with E-state index in [0.29, 0.717) is 12.6 Å². The molecule has 19 heavy (non-hydrogen) atoms. The SMILES string of the molecule is COCC(CO)Nc1nc(N)nc(-n2ccnc2)n1. The van der Waals surface area contributed by atoms with Crippen molar-refractivity contribution in [3.8, 4) is 5.95 Å². The van der Waals surface area contributed by atoms with Crippen LogP contribution in [-0.2, 0) is 4.74 Å². The second-order valence-corrected chi connectivity index (χ2v) is 3.77. The first-order valence-corrected chi connectivity index (χ1v) is 5.59. The molecule has 0 fully saturated rings. The summed E-state index contributed by atoms with van der Waals surface area (Å²) in [5, 5.41) is 12.1. The summed E-state index contributed by atoms with van der Waals surface area (Å²) in [6.07, 6.45) is 4.85. The smallest absolute Gasteiger partial charge is 0.241 e. The maximum absolute atomic E-state index is 9.18. The van der Waals surface area contributed by atoms with Gasteiger partial charge in [0, 0.05) is 19.5 Å². The van der Waals surface area contributed by atoms with Gasteiger partial charge >= 0.3 is 0 Å². The third-order valence-corrected chi connectivity index (χ3v) is 2.30. The third-order valence-electron chi connectivity index (χ3n) is 2.30. The first kappa shape index (κ1) is 13.2. The van der Waals surface area contributed by atoms with Crippen LogP contribution < -0.4 is 11.1 Å². The molecule has 2 rings (SSSR count). The van der Waals surface area contributed by atoms with Crippen LogP contribution in [0, 0.1) is 0 Å². The Morgan fingerprint density at radius 1 is 1.47 bits per heavy atom. The highest BCUT2D eigenvalue weighted by Gasteiger charge is 2.11. The zero-order chi connectivity index (χ0) is 13.7. The Labute approximate surface area is 109 Å². The number of hydrogen-bond donors (Lipinski definition) is 3. The summed E-state index contributed by atoms with van der Waals surface area (Å²) in [5.41, 5.74) is 5.63. The van der Waals surface area contributed by atoms with Crippen LogP contribution in [0.3, 0.4) is 0 Å². The topological polar surface area (TPSA) is 124 Å². The van der Waals surface area contributed by atoms with Crippen molar-refractivity contribution in [2.45, 2.75) is 6.04 Å². The van der Waals surface area contributed by atoms with Gasteiger partial charge in [-0.2, -0.15) is 15.0 Å². The first-order chi connectivity index (χ1) is 9.22. The minimum absolute atomic E-state index is 0.0790. The molecule has 0 aromatic carbocycles. The van der Waals surface area contributed by atoms with E-state index >= 15 is 0 Å². The fourth-order valence-electron chi connectivity index (χ4n) is 1.46. The normalized spacial score (nSPS) is 12.3. The van der Waals surface area contributed by atoms with E-state index in [2.05, 4.69) is 25.3 Å². The average molecular weight is 265 g/mol. The van der Waals surface area contributed by atoms with Crippen molar-refractivity contribution in [3.63, 3.8) is 0 Å². The molecule has 0 amide bonds. The number of aliphatic hydroxyl groups excluding tert-OH is 1. The van der Waals surface area contributed by atoms with Gasteiger partial charge < -0.3 is 20.9 Å². The summed E-state index contributed by atoms with van der Waals surface area (Å²) in [6, 6.07) is -0.317. The number of hydrogen-bond acceptors (Lipinski definition) is 8. The first-order valence-electron chi connectivity index (χ1n) is 5.59. The summed E-state index contributed by atoms with van der Waals surface area (Å²) in [6.45, 7) is 0.211. The molecule has 2 aromatic heterocycles. The van der Waals surface area contributed by atoms with Gasteiger partial charge in [0.05, 0.1) is 19.3 Å². The number of nitrogens with one attached hydrogen (secondary N) is 1. The predicted molar refractivity (Wildman–Crippen MR) is 67.7 cm³/mol. The van der Waals surface area contributed by atoms with Crippen LogP contribution in [-0.4, -0.2) is 56.0 Å². The molecular weight excluding hydrogens is 250 g/mol. The summed E-state index contributed by atoms with van der Waals surface area (Å²) >= 11 is 0. The Kier molecular flexibility index (Phi) is 4.21. The van der Waals surface area contributed by atoms with E-state index in [9.17, 15) is 5.11 Å². The molecule has 9 nitrogen and oxygen atoms in total. The molecule has 1 unspecified atom stereocenters. The van der Waals surface area contributed by atoms with Crippen molar-refractivity contribution in [1.29, 1.82) is 0 Å². The molecule has 0 bridgehead atoms. The van der Waals surface area contributed by atoms with Gasteiger partial charge in [0.15, 0.2) is 0 Å². The van der Waals surface area contributed by atoms with Gasteiger partial charge in [0.2, 0.25) is 17.8 Å². The minimum atomic E-state index is -0.317. The third kappa shape index (κ3) is 3.36. The summed E-state index contributed by atoms with van der Waals surface area (Å²) in [7, 11) is 1.54. The Morgan fingerprint density at radius 2 is 2.32 bits per heavy atom. The average Bonchev–Trinajstić information content (AvgIpc) is 2.91. The van der Waals surface area contributed by atoms with Crippen molar-refractivity contribution in [3.05, 3.63) is 18.7 Å². The molecule has 0 aliphatic rings. The number of aromatic nitrogens is 5. The zero-order valence-corrected chi connectivity index (χ0v) is 10.4. The Bertz CT molecular complexity index is 517. The predicted octanol–water partition coefficient (Wildman–Crippen LogP) is -0.941. The number of anilines is 2. The van der Waals surface area contributed by atoms with Crippen LogP contribution in [0.15, 0.2) is 18.7 Å². The maximum atomic E-state index is 9.18. The zero-order valence-electron chi connectivity index (χ0n) is 10.4. The van der Waals surface area contributed by atoms with E-state index in [1.54, 1.807) is 30.4 Å². The summed E-state index contributed by atoms with van der Waals surface area (Å²) in [4.78, 5) is 16.1. The number of ether oxygens (including phenoxy) is 1. The van der Waals surface area contributed by atoms with Crippen LogP contribution >= 0.6 is 0 Å². The number of rotatable bonds is 6. The molecule has 2 aromatic rings. The molecule has 9 heteroatoms. The number of aliphatic hydroxyl groups is 1. The number of methoxy groups -OCH3 is 1. The van der Waals surface area contributed by atoms with Crippen molar-refractivity contribution < 1.29 is 9.84 Å². The highest BCUT2D eigenvalue weighted by molar-refractivity contribution is 5.35. The van der Waals surface area contributed by atoms with Crippen LogP contribution in [0.5, 0.6) is 0 Å². The number of imidazole rings is 1. The highest BCUT2D eigenvalue weighted by Crippen LogP contribution is 2.08. The van der Waals surface area contributed by atoms with Crippen molar-refractivity contribution >= 4 is 11.9 Å². The van der Waals surface area contributed by atoms with E-state index < -0.39 is 0 Å². The van der Waals surface area contributed by atoms with E-state index in [4.69, 9.17) is 10.5 Å². The lowest BCUT2D eigenvalue weighted by molar-refractivity contribution is 0.153. The van der Waals surface area contributed by atoms with Crippen LogP contribution in [0.2, 0.25) is 0 Å². The fourth-order valence-corrected chi connectivity index (χ4v) is 1.46. The molecule has 2 heterocycles. The largest absolute Gasteiger partial charge is 0.394 e. The number of nitrogens with two attached hydrogens (primary N) is 1. The van der Waals surface area contributed by atoms with Gasteiger partial charge in [-0.3, -0.25) is 4.57 Å². The van der Waals surface area contributed by atoms with E-state index in [1.165, 1.54) is 0 Å². The van der Waals surface area contributed by atoms with Gasteiger partial charge in [0.25, 0.3) is 0 Å². The minimum Gasteiger partial charge on any atom is -0.394 e. The Morgan fingerprint density at radius 3 is 2.95 bits per heavy atom. The van der Waals surface area contributed by atoms with E-state index in [-0.39, 0.29) is 24.5 Å². The fraction of sp³-hybridized carbons (Fsp3) is 0.400. The monoisotopic (exact) mass is 265 g/mol. The van der Waals surface area contributed by atoms with Crippen molar-refractivity contribution in [1.82, 2.24) is 24.5 Å². The van der Waals surface area contributed by atoms with Crippen molar-refractivity contribution in [2.75, 3.05) is 31.4 Å². The molecule has 1 atom stereocenters. The number of nitrogen functional groups attached to an aromatic ring is 1. The molecular formula is C10H15N7O2. The van der Waals surface area contributed by atoms with Crippen molar-refractivity contribution in [2.24, 2.45) is 0 Å². The second kappa shape index (κ2) is 6.07. The molecule has 0 aliphatic carbocycles. The lowest BCUT2D eigenvalue weighted by Gasteiger charge is -2.15. The Hall–Kier alpha value is -2.26. The molecule has 0 saturated carbocycles. The second-order valence-electron chi connectivity index (χ2n) is 3.77. The lowest BCUT2D eigenvalue weighted by atomic mass is 10.3. The molecule has 4 N–H and O–H groups in total. The quantitative estimate of drug-likeness (QED) is 0.611. The summed E-state index contributed by atoms with van der Waals surface area (Å²) < 4.78 is 6.56. The molecule has 0 spiro atoms. The van der Waals surface area contributed by atoms with Gasteiger partial charge in [-0.05, 0) is 0 Å². The standard InChI is InChI=1S/C10H15N7O2/c1-19-5-7(4-18)13-9-14-8(11)15-10(16-9)17-3-2-12-6-17/h2-3,6-7,18H,4-5H2,1H3,(H3,11,13,14,15,16). The van der Waals surface area contributed by atoms with Crippen LogP contribution in [0.4, 0.5) is 11.9 Å². The Balaban J connectivity index is 2.21.